The summed E-state index contributed by atoms with van der Waals surface area (Å²) in [7, 11) is 1.66. The summed E-state index contributed by atoms with van der Waals surface area (Å²) in [5.41, 5.74) is 3.69. The number of hydrogen-bond acceptors (Lipinski definition) is 4. The highest BCUT2D eigenvalue weighted by Gasteiger charge is 2.29. The number of nitrogens with zero attached hydrogens (tertiary/aromatic N) is 5. The van der Waals surface area contributed by atoms with E-state index in [0.29, 0.717) is 29.6 Å². The van der Waals surface area contributed by atoms with Crippen LogP contribution < -0.4 is 16.1 Å². The molecule has 0 spiro atoms. The Balaban J connectivity index is 2.02. The molecule has 0 fully saturated rings. The Kier molecular flexibility index (Phi) is 4.25. The monoisotopic (exact) mass is 379 g/mol. The van der Waals surface area contributed by atoms with Crippen LogP contribution in [0.25, 0.3) is 11.2 Å². The van der Waals surface area contributed by atoms with Crippen LogP contribution in [0.3, 0.4) is 0 Å². The number of benzene rings is 1. The number of fused-ring (bicyclic) bond motifs is 3. The third kappa shape index (κ3) is 2.61. The van der Waals surface area contributed by atoms with Crippen molar-refractivity contribution in [1.82, 2.24) is 18.7 Å². The minimum atomic E-state index is -0.376. The second-order valence-electron chi connectivity index (χ2n) is 7.72. The Morgan fingerprint density at radius 3 is 2.64 bits per heavy atom. The van der Waals surface area contributed by atoms with Gasteiger partial charge >= 0.3 is 5.69 Å². The number of aryl methyl sites for hydroxylation is 3. The van der Waals surface area contributed by atoms with Crippen LogP contribution in [0.1, 0.15) is 18.1 Å². The summed E-state index contributed by atoms with van der Waals surface area (Å²) in [4.78, 5) is 32.6. The Hall–Kier alpha value is -3.09. The van der Waals surface area contributed by atoms with Crippen LogP contribution in [0.4, 0.5) is 11.6 Å². The number of aromatic nitrogens is 4. The normalized spacial score (nSPS) is 16.4. The fourth-order valence-electron chi connectivity index (χ4n) is 3.91. The van der Waals surface area contributed by atoms with Crippen molar-refractivity contribution in [1.29, 1.82) is 0 Å². The summed E-state index contributed by atoms with van der Waals surface area (Å²) >= 11 is 0. The second-order valence-corrected chi connectivity index (χ2v) is 7.72. The number of imidazole rings is 1. The molecule has 0 saturated heterocycles. The lowest BCUT2D eigenvalue weighted by Crippen LogP contribution is -2.40. The molecule has 146 valence electrons. The zero-order valence-corrected chi connectivity index (χ0v) is 16.8. The largest absolute Gasteiger partial charge is 0.332 e. The molecule has 2 aromatic heterocycles. The van der Waals surface area contributed by atoms with Gasteiger partial charge in [0, 0.05) is 32.4 Å². The zero-order valence-electron chi connectivity index (χ0n) is 16.8. The molecule has 0 aliphatic carbocycles. The Morgan fingerprint density at radius 1 is 1.21 bits per heavy atom. The van der Waals surface area contributed by atoms with Crippen LogP contribution in [0.5, 0.6) is 0 Å². The topological polar surface area (TPSA) is 65.1 Å². The van der Waals surface area contributed by atoms with E-state index in [1.54, 1.807) is 13.1 Å². The van der Waals surface area contributed by atoms with E-state index in [1.807, 2.05) is 4.57 Å². The minimum absolute atomic E-state index is 0.179. The lowest BCUT2D eigenvalue weighted by atomic mass is 10.1. The van der Waals surface area contributed by atoms with Gasteiger partial charge in [-0.05, 0) is 43.0 Å². The number of hydrogen-bond donors (Lipinski definition) is 0. The standard InChI is InChI=1S/C21H25N5O2/c1-6-9-24-19(27)17-18(23(5)21(24)28)22-20-25(11-13(2)12-26(17)20)16-8-7-14(3)15(4)10-16/h6-8,10,13H,1,9,11-12H2,2-5H3/t13-/m1/s1. The maximum atomic E-state index is 13.1. The molecule has 7 heteroatoms. The van der Waals surface area contributed by atoms with Crippen LogP contribution in [-0.4, -0.2) is 25.2 Å². The smallest absolute Gasteiger partial charge is 0.312 e. The van der Waals surface area contributed by atoms with Crippen molar-refractivity contribution in [2.45, 2.75) is 33.9 Å². The lowest BCUT2D eigenvalue weighted by molar-refractivity contribution is 0.458. The first kappa shape index (κ1) is 18.3. The summed E-state index contributed by atoms with van der Waals surface area (Å²) in [6.45, 7) is 11.7. The number of anilines is 2. The molecule has 1 aromatic carbocycles. The van der Waals surface area contributed by atoms with E-state index in [2.05, 4.69) is 50.4 Å². The van der Waals surface area contributed by atoms with E-state index in [9.17, 15) is 9.59 Å². The molecule has 3 aromatic rings. The number of rotatable bonds is 3. The molecule has 0 radical (unpaired) electrons. The van der Waals surface area contributed by atoms with Gasteiger partial charge in [-0.3, -0.25) is 13.9 Å². The lowest BCUT2D eigenvalue weighted by Gasteiger charge is -2.33. The van der Waals surface area contributed by atoms with Crippen LogP contribution in [0.15, 0.2) is 40.4 Å². The molecule has 0 unspecified atom stereocenters. The van der Waals surface area contributed by atoms with Gasteiger partial charge in [0.05, 0.1) is 0 Å². The second kappa shape index (κ2) is 6.51. The predicted octanol–water partition coefficient (Wildman–Crippen LogP) is 2.49. The van der Waals surface area contributed by atoms with E-state index in [-0.39, 0.29) is 17.8 Å². The van der Waals surface area contributed by atoms with Crippen molar-refractivity contribution in [3.05, 3.63) is 62.8 Å². The molecule has 28 heavy (non-hydrogen) atoms. The first-order chi connectivity index (χ1) is 13.3. The van der Waals surface area contributed by atoms with Crippen LogP contribution >= 0.6 is 0 Å². The highest BCUT2D eigenvalue weighted by molar-refractivity contribution is 5.77. The predicted molar refractivity (Wildman–Crippen MR) is 112 cm³/mol. The Bertz CT molecular complexity index is 1210. The molecular weight excluding hydrogens is 354 g/mol. The van der Waals surface area contributed by atoms with Gasteiger partial charge in [-0.15, -0.1) is 6.58 Å². The van der Waals surface area contributed by atoms with Gasteiger partial charge in [0.25, 0.3) is 5.56 Å². The molecule has 0 amide bonds. The summed E-state index contributed by atoms with van der Waals surface area (Å²) < 4.78 is 4.62. The molecule has 3 heterocycles. The molecule has 7 nitrogen and oxygen atoms in total. The molecule has 1 aliphatic heterocycles. The highest BCUT2D eigenvalue weighted by atomic mass is 16.2. The molecule has 4 rings (SSSR count). The fourth-order valence-corrected chi connectivity index (χ4v) is 3.91. The summed E-state index contributed by atoms with van der Waals surface area (Å²) in [6, 6.07) is 6.33. The molecule has 0 saturated carbocycles. The molecule has 1 atom stereocenters. The third-order valence-corrected chi connectivity index (χ3v) is 5.56. The maximum Gasteiger partial charge on any atom is 0.332 e. The zero-order chi connectivity index (χ0) is 20.2. The SMILES string of the molecule is C=CCn1c(=O)c2c(nc3n2C[C@H](C)CN3c2ccc(C)c(C)c2)n(C)c1=O. The average Bonchev–Trinajstić information content (AvgIpc) is 3.04. The van der Waals surface area contributed by atoms with Crippen LogP contribution in [0.2, 0.25) is 0 Å². The highest BCUT2D eigenvalue weighted by Crippen LogP contribution is 2.33. The first-order valence-electron chi connectivity index (χ1n) is 9.49. The van der Waals surface area contributed by atoms with E-state index >= 15 is 0 Å². The van der Waals surface area contributed by atoms with Gasteiger partial charge in [-0.25, -0.2) is 4.79 Å². The van der Waals surface area contributed by atoms with Crippen molar-refractivity contribution in [3.63, 3.8) is 0 Å². The number of allylic oxidation sites excluding steroid dienone is 1. The fraction of sp³-hybridized carbons (Fsp3) is 0.381. The van der Waals surface area contributed by atoms with Gasteiger partial charge in [-0.1, -0.05) is 19.1 Å². The average molecular weight is 379 g/mol. The Labute approximate surface area is 163 Å². The molecule has 0 N–H and O–H groups in total. The Morgan fingerprint density at radius 2 is 1.96 bits per heavy atom. The van der Waals surface area contributed by atoms with E-state index in [0.717, 1.165) is 12.2 Å². The van der Waals surface area contributed by atoms with Gasteiger partial charge in [0.15, 0.2) is 11.2 Å². The van der Waals surface area contributed by atoms with Crippen LogP contribution in [0, 0.1) is 19.8 Å². The van der Waals surface area contributed by atoms with E-state index in [1.165, 1.54) is 20.3 Å². The van der Waals surface area contributed by atoms with Gasteiger partial charge in [0.1, 0.15) is 0 Å². The quantitative estimate of drug-likeness (QED) is 0.656. The molecular formula is C21H25N5O2. The van der Waals surface area contributed by atoms with Crippen molar-refractivity contribution in [2.75, 3.05) is 11.4 Å². The van der Waals surface area contributed by atoms with Crippen molar-refractivity contribution >= 4 is 22.8 Å². The van der Waals surface area contributed by atoms with Gasteiger partial charge in [0.2, 0.25) is 5.95 Å². The van der Waals surface area contributed by atoms with Crippen molar-refractivity contribution in [2.24, 2.45) is 13.0 Å². The van der Waals surface area contributed by atoms with Crippen molar-refractivity contribution in [3.8, 4) is 0 Å². The maximum absolute atomic E-state index is 13.1. The first-order valence-corrected chi connectivity index (χ1v) is 9.49. The van der Waals surface area contributed by atoms with Crippen LogP contribution in [-0.2, 0) is 20.1 Å². The molecule has 1 aliphatic rings. The summed E-state index contributed by atoms with van der Waals surface area (Å²) in [5, 5.41) is 0. The summed E-state index contributed by atoms with van der Waals surface area (Å²) in [6.07, 6.45) is 1.56. The van der Waals surface area contributed by atoms with Gasteiger partial charge in [-0.2, -0.15) is 4.98 Å². The third-order valence-electron chi connectivity index (χ3n) is 5.56. The minimum Gasteiger partial charge on any atom is -0.312 e. The van der Waals surface area contributed by atoms with E-state index < -0.39 is 0 Å². The van der Waals surface area contributed by atoms with E-state index in [4.69, 9.17) is 4.98 Å². The summed E-state index contributed by atoms with van der Waals surface area (Å²) in [5.74, 6) is 1.04. The van der Waals surface area contributed by atoms with Crippen molar-refractivity contribution < 1.29 is 0 Å². The van der Waals surface area contributed by atoms with Gasteiger partial charge < -0.3 is 9.47 Å². The molecule has 0 bridgehead atoms.